The first-order valence-electron chi connectivity index (χ1n) is 2.06. The molecule has 0 aromatic heterocycles. The van der Waals surface area contributed by atoms with Crippen LogP contribution in [0.2, 0.25) is 0 Å². The number of nitrogens with zero attached hydrogens (tertiary/aromatic N) is 1. The van der Waals surface area contributed by atoms with Crippen molar-refractivity contribution >= 4 is 36.1 Å². The van der Waals surface area contributed by atoms with Crippen LogP contribution >= 0.6 is 12.2 Å². The van der Waals surface area contributed by atoms with Crippen LogP contribution in [0, 0.1) is 0 Å². The molecule has 54 valence electrons. The molecule has 0 amide bonds. The molecule has 0 fully saturated rings. The zero-order valence-corrected chi connectivity index (χ0v) is 7.55. The molecule has 0 N–H and O–H groups in total. The highest BCUT2D eigenvalue weighted by Crippen LogP contribution is 1.79. The van der Waals surface area contributed by atoms with Crippen LogP contribution in [0.1, 0.15) is 0 Å². The highest BCUT2D eigenvalue weighted by Gasteiger charge is 1.90. The molecule has 6 heteroatoms. The van der Waals surface area contributed by atoms with Gasteiger partial charge in [0.1, 0.15) is 4.32 Å². The summed E-state index contributed by atoms with van der Waals surface area (Å²) in [6.45, 7) is 0. The minimum atomic E-state index is -2.08. The third-order valence-electron chi connectivity index (χ3n) is 0.535. The molecule has 0 atom stereocenters. The fourth-order valence-corrected chi connectivity index (χ4v) is 1.86. The molecule has 0 unspecified atom stereocenters. The fourth-order valence-electron chi connectivity index (χ4n) is 0.145. The summed E-state index contributed by atoms with van der Waals surface area (Å²) in [5.41, 5.74) is 0. The summed E-state index contributed by atoms with van der Waals surface area (Å²) in [5.74, 6) is 0. The standard InChI is InChI=1S/C3H7NO2S3/c1-4(2)3(7)8-9(5)6/h8H,1-2H3. The lowest BCUT2D eigenvalue weighted by atomic mass is 11.0. The lowest BCUT2D eigenvalue weighted by Crippen LogP contribution is -2.18. The van der Waals surface area contributed by atoms with Crippen LogP contribution in [0.15, 0.2) is 0 Å². The van der Waals surface area contributed by atoms with Gasteiger partial charge in [-0.25, -0.2) is 0 Å². The molecule has 0 rings (SSSR count). The van der Waals surface area contributed by atoms with E-state index >= 15 is 0 Å². The molecule has 0 bridgehead atoms. The number of hydrogen-bond acceptors (Lipinski definition) is 3. The van der Waals surface area contributed by atoms with Gasteiger partial charge in [-0.2, -0.15) is 8.42 Å². The molecule has 0 aliphatic rings. The zero-order valence-electron chi connectivity index (χ0n) is 5.03. The van der Waals surface area contributed by atoms with Crippen molar-refractivity contribution in [3.05, 3.63) is 0 Å². The first kappa shape index (κ1) is 9.06. The minimum absolute atomic E-state index is 0.177. The Hall–Kier alpha value is 0.0600. The topological polar surface area (TPSA) is 37.4 Å². The highest BCUT2D eigenvalue weighted by atomic mass is 32.8. The molecule has 0 spiro atoms. The molecule has 0 saturated carbocycles. The van der Waals surface area contributed by atoms with E-state index < -0.39 is 9.26 Å². The first-order chi connectivity index (χ1) is 4.04. The molecular weight excluding hydrogens is 178 g/mol. The molecule has 0 saturated heterocycles. The van der Waals surface area contributed by atoms with Crippen LogP contribution in [0.4, 0.5) is 0 Å². The van der Waals surface area contributed by atoms with Gasteiger partial charge >= 0.3 is 0 Å². The van der Waals surface area contributed by atoms with Gasteiger partial charge < -0.3 is 4.90 Å². The van der Waals surface area contributed by atoms with E-state index in [0.717, 1.165) is 0 Å². The number of thiocarbonyl (C=S) groups is 1. The molecular formula is C3H7NO2S3. The summed E-state index contributed by atoms with van der Waals surface area (Å²) in [7, 11) is 1.52. The van der Waals surface area contributed by atoms with Crippen molar-refractivity contribution < 1.29 is 8.42 Å². The summed E-state index contributed by atoms with van der Waals surface area (Å²) < 4.78 is 20.4. The average Bonchev–Trinajstić information content (AvgIpc) is 1.63. The molecule has 0 radical (unpaired) electrons. The van der Waals surface area contributed by atoms with Gasteiger partial charge in [-0.1, -0.05) is 12.2 Å². The largest absolute Gasteiger partial charge is 0.363 e. The van der Waals surface area contributed by atoms with Crippen molar-refractivity contribution in [3.8, 4) is 0 Å². The van der Waals surface area contributed by atoms with E-state index in [1.54, 1.807) is 19.0 Å². The highest BCUT2D eigenvalue weighted by molar-refractivity contribution is 8.35. The third kappa shape index (κ3) is 4.56. The van der Waals surface area contributed by atoms with Crippen molar-refractivity contribution in [3.63, 3.8) is 0 Å². The Morgan fingerprint density at radius 3 is 2.11 bits per heavy atom. The van der Waals surface area contributed by atoms with Gasteiger partial charge in [0, 0.05) is 14.1 Å². The second-order valence-electron chi connectivity index (χ2n) is 1.49. The van der Waals surface area contributed by atoms with E-state index in [4.69, 9.17) is 0 Å². The maximum atomic E-state index is 9.99. The lowest BCUT2D eigenvalue weighted by molar-refractivity contribution is 0.628. The normalized spacial score (nSPS) is 8.67. The van der Waals surface area contributed by atoms with Gasteiger partial charge in [0.15, 0.2) is 0 Å². The van der Waals surface area contributed by atoms with Crippen LogP contribution in [0.5, 0.6) is 0 Å². The van der Waals surface area contributed by atoms with Crippen LogP contribution in [-0.2, 0) is 19.6 Å². The van der Waals surface area contributed by atoms with E-state index in [1.807, 2.05) is 0 Å². The maximum Gasteiger partial charge on any atom is 0.244 e. The molecule has 0 aliphatic heterocycles. The predicted octanol–water partition coefficient (Wildman–Crippen LogP) is -0.558. The zero-order chi connectivity index (χ0) is 7.44. The van der Waals surface area contributed by atoms with Gasteiger partial charge in [-0.05, 0) is 10.3 Å². The molecule has 3 nitrogen and oxygen atoms in total. The Morgan fingerprint density at radius 2 is 2.00 bits per heavy atom. The van der Waals surface area contributed by atoms with Gasteiger partial charge in [-0.3, -0.25) is 0 Å². The molecule has 9 heavy (non-hydrogen) atoms. The van der Waals surface area contributed by atoms with Gasteiger partial charge in [0.25, 0.3) is 0 Å². The van der Waals surface area contributed by atoms with Crippen LogP contribution < -0.4 is 0 Å². The first-order valence-corrected chi connectivity index (χ1v) is 5.04. The summed E-state index contributed by atoms with van der Waals surface area (Å²) in [5, 5.41) is 0. The van der Waals surface area contributed by atoms with Gasteiger partial charge in [-0.15, -0.1) is 0 Å². The summed E-state index contributed by atoms with van der Waals surface area (Å²) in [6, 6.07) is 0. The van der Waals surface area contributed by atoms with E-state index in [-0.39, 0.29) is 10.3 Å². The maximum absolute atomic E-state index is 9.99. The number of hydrogen-bond donors (Lipinski definition) is 1. The quantitative estimate of drug-likeness (QED) is 0.405. The van der Waals surface area contributed by atoms with Crippen molar-refractivity contribution in [2.45, 2.75) is 0 Å². The van der Waals surface area contributed by atoms with Crippen molar-refractivity contribution in [2.75, 3.05) is 14.1 Å². The van der Waals surface area contributed by atoms with Gasteiger partial charge in [0.2, 0.25) is 9.26 Å². The second-order valence-corrected chi connectivity index (χ2v) is 4.66. The number of rotatable bonds is 0. The fraction of sp³-hybridized carbons (Fsp3) is 0.667. The van der Waals surface area contributed by atoms with E-state index in [0.29, 0.717) is 4.32 Å². The Morgan fingerprint density at radius 1 is 1.56 bits per heavy atom. The molecule has 0 heterocycles. The Kier molecular flexibility index (Phi) is 4.00. The second kappa shape index (κ2) is 3.97. The van der Waals surface area contributed by atoms with Crippen molar-refractivity contribution in [2.24, 2.45) is 0 Å². The monoisotopic (exact) mass is 185 g/mol. The minimum Gasteiger partial charge on any atom is -0.363 e. The Labute approximate surface area is 63.8 Å². The summed E-state index contributed by atoms with van der Waals surface area (Å²) in [6.07, 6.45) is 0. The van der Waals surface area contributed by atoms with Crippen molar-refractivity contribution in [1.82, 2.24) is 4.90 Å². The molecule has 0 aromatic rings. The van der Waals surface area contributed by atoms with Gasteiger partial charge in [0.05, 0.1) is 0 Å². The Bertz CT molecular complexity index is 219. The number of thiol groups is 1. The average molecular weight is 185 g/mol. The molecule has 0 aromatic carbocycles. The smallest absolute Gasteiger partial charge is 0.244 e. The van der Waals surface area contributed by atoms with E-state index in [2.05, 4.69) is 12.2 Å². The van der Waals surface area contributed by atoms with Crippen LogP contribution in [0.25, 0.3) is 0 Å². The summed E-state index contributed by atoms with van der Waals surface area (Å²) >= 11 is 4.67. The van der Waals surface area contributed by atoms with Crippen LogP contribution in [0.3, 0.4) is 0 Å². The lowest BCUT2D eigenvalue weighted by Gasteiger charge is -2.06. The van der Waals surface area contributed by atoms with E-state index in [9.17, 15) is 8.42 Å². The van der Waals surface area contributed by atoms with Crippen molar-refractivity contribution in [1.29, 1.82) is 0 Å². The van der Waals surface area contributed by atoms with Crippen LogP contribution in [-0.4, -0.2) is 31.7 Å². The summed E-state index contributed by atoms with van der Waals surface area (Å²) in [4.78, 5) is 1.59. The Balaban J connectivity index is 4.28. The van der Waals surface area contributed by atoms with E-state index in [1.165, 1.54) is 0 Å². The predicted molar refractivity (Wildman–Crippen MR) is 44.0 cm³/mol. The SMILES string of the molecule is CN(C)C(=S)[SH]=S(=O)=O. The third-order valence-corrected chi connectivity index (χ3v) is 3.19. The molecule has 0 aliphatic carbocycles.